The molecule has 2 rings (SSSR count). The molecule has 17 heavy (non-hydrogen) atoms. The second-order valence-corrected chi connectivity index (χ2v) is 4.59. The standard InChI is InChI=1S/C11H14BrN5/c1-8-3-5-13-11(10(8)12)14-6-4-9-15-7-17(2)16-9/h3,5,7H,4,6H2,1-2H3,(H,13,14). The van der Waals surface area contributed by atoms with E-state index in [0.717, 1.165) is 29.1 Å². The molecule has 0 spiro atoms. The molecule has 0 aromatic carbocycles. The van der Waals surface area contributed by atoms with E-state index in [1.54, 1.807) is 17.2 Å². The minimum Gasteiger partial charge on any atom is -0.369 e. The molecule has 0 aliphatic carbocycles. The number of pyridine rings is 1. The summed E-state index contributed by atoms with van der Waals surface area (Å²) in [5.74, 6) is 1.70. The fourth-order valence-corrected chi connectivity index (χ4v) is 1.83. The highest BCUT2D eigenvalue weighted by atomic mass is 79.9. The Hall–Kier alpha value is -1.43. The molecule has 2 aromatic rings. The number of rotatable bonds is 4. The molecule has 0 amide bonds. The lowest BCUT2D eigenvalue weighted by molar-refractivity contribution is 0.741. The van der Waals surface area contributed by atoms with E-state index in [1.807, 2.05) is 20.0 Å². The summed E-state index contributed by atoms with van der Waals surface area (Å²) in [4.78, 5) is 8.44. The Morgan fingerprint density at radius 3 is 2.94 bits per heavy atom. The first-order chi connectivity index (χ1) is 8.16. The molecule has 0 atom stereocenters. The Labute approximate surface area is 108 Å². The summed E-state index contributed by atoms with van der Waals surface area (Å²) >= 11 is 3.51. The number of nitrogens with one attached hydrogen (secondary N) is 1. The monoisotopic (exact) mass is 295 g/mol. The molecule has 2 heterocycles. The Morgan fingerprint density at radius 2 is 2.24 bits per heavy atom. The highest BCUT2D eigenvalue weighted by Gasteiger charge is 2.04. The molecule has 0 saturated heterocycles. The van der Waals surface area contributed by atoms with Crippen molar-refractivity contribution >= 4 is 21.7 Å². The van der Waals surface area contributed by atoms with Gasteiger partial charge in [-0.15, -0.1) is 0 Å². The number of nitrogens with zero attached hydrogens (tertiary/aromatic N) is 4. The lowest BCUT2D eigenvalue weighted by atomic mass is 10.3. The number of anilines is 1. The predicted octanol–water partition coefficient (Wildman–Crippen LogP) is 1.94. The molecule has 0 saturated carbocycles. The Balaban J connectivity index is 1.92. The third kappa shape index (κ3) is 3.03. The quantitative estimate of drug-likeness (QED) is 0.936. The fraction of sp³-hybridized carbons (Fsp3) is 0.364. The first-order valence-electron chi connectivity index (χ1n) is 5.36. The van der Waals surface area contributed by atoms with E-state index in [1.165, 1.54) is 5.56 Å². The van der Waals surface area contributed by atoms with Crippen LogP contribution < -0.4 is 5.32 Å². The highest BCUT2D eigenvalue weighted by Crippen LogP contribution is 2.22. The largest absolute Gasteiger partial charge is 0.369 e. The number of aromatic nitrogens is 4. The van der Waals surface area contributed by atoms with Gasteiger partial charge in [-0.3, -0.25) is 4.68 Å². The van der Waals surface area contributed by atoms with Crippen LogP contribution in [0.3, 0.4) is 0 Å². The topological polar surface area (TPSA) is 55.6 Å². The average Bonchev–Trinajstić information content (AvgIpc) is 2.70. The third-order valence-electron chi connectivity index (χ3n) is 2.37. The molecular formula is C11H14BrN5. The van der Waals surface area contributed by atoms with Crippen molar-refractivity contribution in [2.24, 2.45) is 7.05 Å². The smallest absolute Gasteiger partial charge is 0.152 e. The molecule has 6 heteroatoms. The first-order valence-corrected chi connectivity index (χ1v) is 6.15. The van der Waals surface area contributed by atoms with Gasteiger partial charge in [0.2, 0.25) is 0 Å². The Kier molecular flexibility index (Phi) is 3.73. The van der Waals surface area contributed by atoms with Crippen LogP contribution in [0.25, 0.3) is 0 Å². The van der Waals surface area contributed by atoms with Gasteiger partial charge in [-0.2, -0.15) is 5.10 Å². The Bertz CT molecular complexity index is 508. The molecule has 0 bridgehead atoms. The van der Waals surface area contributed by atoms with E-state index >= 15 is 0 Å². The summed E-state index contributed by atoms with van der Waals surface area (Å²) in [5.41, 5.74) is 1.17. The van der Waals surface area contributed by atoms with Gasteiger partial charge < -0.3 is 5.32 Å². The molecule has 90 valence electrons. The predicted molar refractivity (Wildman–Crippen MR) is 69.9 cm³/mol. The minimum atomic E-state index is 0.763. The Morgan fingerprint density at radius 1 is 1.41 bits per heavy atom. The van der Waals surface area contributed by atoms with Gasteiger partial charge in [-0.05, 0) is 34.5 Å². The van der Waals surface area contributed by atoms with E-state index in [4.69, 9.17) is 0 Å². The maximum absolute atomic E-state index is 4.27. The molecule has 0 aliphatic heterocycles. The second-order valence-electron chi connectivity index (χ2n) is 3.80. The molecule has 1 N–H and O–H groups in total. The first kappa shape index (κ1) is 12.0. The summed E-state index contributed by atoms with van der Waals surface area (Å²) in [7, 11) is 1.86. The molecule has 0 radical (unpaired) electrons. The highest BCUT2D eigenvalue weighted by molar-refractivity contribution is 9.10. The van der Waals surface area contributed by atoms with E-state index in [-0.39, 0.29) is 0 Å². The lowest BCUT2D eigenvalue weighted by Gasteiger charge is -2.07. The van der Waals surface area contributed by atoms with Gasteiger partial charge in [-0.1, -0.05) is 0 Å². The zero-order valence-electron chi connectivity index (χ0n) is 9.81. The van der Waals surface area contributed by atoms with Gasteiger partial charge in [0.25, 0.3) is 0 Å². The van der Waals surface area contributed by atoms with Gasteiger partial charge in [0.1, 0.15) is 12.1 Å². The second kappa shape index (κ2) is 5.27. The van der Waals surface area contributed by atoms with E-state index in [0.29, 0.717) is 0 Å². The van der Waals surface area contributed by atoms with E-state index in [9.17, 15) is 0 Å². The lowest BCUT2D eigenvalue weighted by Crippen LogP contribution is -2.08. The SMILES string of the molecule is Cc1ccnc(NCCc2ncn(C)n2)c1Br. The summed E-state index contributed by atoms with van der Waals surface area (Å²) in [5, 5.41) is 7.48. The summed E-state index contributed by atoms with van der Waals surface area (Å²) in [6.07, 6.45) is 4.28. The fourth-order valence-electron chi connectivity index (χ4n) is 1.45. The number of aryl methyl sites for hydroxylation is 2. The van der Waals surface area contributed by atoms with Crippen LogP contribution in [-0.4, -0.2) is 26.3 Å². The van der Waals surface area contributed by atoms with Crippen molar-refractivity contribution in [2.75, 3.05) is 11.9 Å². The van der Waals surface area contributed by atoms with Crippen LogP contribution in [-0.2, 0) is 13.5 Å². The van der Waals surface area contributed by atoms with E-state index < -0.39 is 0 Å². The van der Waals surface area contributed by atoms with Crippen LogP contribution in [0.15, 0.2) is 23.1 Å². The zero-order valence-corrected chi connectivity index (χ0v) is 11.4. The van der Waals surface area contributed by atoms with Gasteiger partial charge >= 0.3 is 0 Å². The summed E-state index contributed by atoms with van der Waals surface area (Å²) in [6.45, 7) is 2.80. The van der Waals surface area contributed by atoms with Crippen LogP contribution in [0.5, 0.6) is 0 Å². The maximum Gasteiger partial charge on any atom is 0.152 e. The molecule has 5 nitrogen and oxygen atoms in total. The van der Waals surface area contributed by atoms with Crippen LogP contribution >= 0.6 is 15.9 Å². The summed E-state index contributed by atoms with van der Waals surface area (Å²) < 4.78 is 2.71. The van der Waals surface area contributed by atoms with Crippen molar-refractivity contribution in [1.82, 2.24) is 19.7 Å². The van der Waals surface area contributed by atoms with Crippen molar-refractivity contribution in [2.45, 2.75) is 13.3 Å². The van der Waals surface area contributed by atoms with E-state index in [2.05, 4.69) is 36.3 Å². The molecular weight excluding hydrogens is 282 g/mol. The third-order valence-corrected chi connectivity index (χ3v) is 3.37. The van der Waals surface area contributed by atoms with Gasteiger partial charge in [-0.25, -0.2) is 9.97 Å². The average molecular weight is 296 g/mol. The normalized spacial score (nSPS) is 10.5. The van der Waals surface area contributed by atoms with Crippen molar-refractivity contribution in [3.05, 3.63) is 34.5 Å². The van der Waals surface area contributed by atoms with Crippen molar-refractivity contribution in [3.8, 4) is 0 Å². The van der Waals surface area contributed by atoms with Crippen molar-refractivity contribution in [1.29, 1.82) is 0 Å². The molecule has 0 fully saturated rings. The van der Waals surface area contributed by atoms with Crippen LogP contribution in [0.2, 0.25) is 0 Å². The van der Waals surface area contributed by atoms with Crippen LogP contribution in [0, 0.1) is 6.92 Å². The zero-order chi connectivity index (χ0) is 12.3. The molecule has 0 aliphatic rings. The number of halogens is 1. The molecule has 2 aromatic heterocycles. The van der Waals surface area contributed by atoms with Crippen molar-refractivity contribution in [3.63, 3.8) is 0 Å². The summed E-state index contributed by atoms with van der Waals surface area (Å²) in [6, 6.07) is 1.97. The van der Waals surface area contributed by atoms with Crippen molar-refractivity contribution < 1.29 is 0 Å². The maximum atomic E-state index is 4.27. The number of hydrogen-bond donors (Lipinski definition) is 1. The van der Waals surface area contributed by atoms with Gasteiger partial charge in [0.05, 0.1) is 4.47 Å². The van der Waals surface area contributed by atoms with Gasteiger partial charge in [0, 0.05) is 26.2 Å². The molecule has 0 unspecified atom stereocenters. The minimum absolute atomic E-state index is 0.763. The van der Waals surface area contributed by atoms with Gasteiger partial charge in [0.15, 0.2) is 5.82 Å². The van der Waals surface area contributed by atoms with Crippen LogP contribution in [0.1, 0.15) is 11.4 Å². The van der Waals surface area contributed by atoms with Crippen LogP contribution in [0.4, 0.5) is 5.82 Å². The number of hydrogen-bond acceptors (Lipinski definition) is 4.